The lowest BCUT2D eigenvalue weighted by Crippen LogP contribution is -1.89. The molecule has 0 amide bonds. The van der Waals surface area contributed by atoms with Crippen LogP contribution in [0.2, 0.25) is 0 Å². The van der Waals surface area contributed by atoms with E-state index in [0.29, 0.717) is 5.56 Å². The van der Waals surface area contributed by atoms with Crippen LogP contribution >= 0.6 is 11.3 Å². The van der Waals surface area contributed by atoms with Gasteiger partial charge >= 0.3 is 0 Å². The number of carbonyl (C=O) groups is 1. The third kappa shape index (κ3) is 2.58. The van der Waals surface area contributed by atoms with Crippen molar-refractivity contribution in [2.75, 3.05) is 0 Å². The second-order valence-corrected chi connectivity index (χ2v) is 4.08. The fourth-order valence-corrected chi connectivity index (χ4v) is 1.90. The Hall–Kier alpha value is -1.87. The number of phenolic OH excluding ortho intramolecular Hbond substituents is 1. The summed E-state index contributed by atoms with van der Waals surface area (Å²) in [5.41, 5.74) is 1.60. The third-order valence-corrected chi connectivity index (χ3v) is 2.81. The maximum absolute atomic E-state index is 11.6. The van der Waals surface area contributed by atoms with Gasteiger partial charge in [-0.3, -0.25) is 4.79 Å². The number of thiophene rings is 1. The number of aromatic hydroxyl groups is 1. The Morgan fingerprint density at radius 1 is 1.19 bits per heavy atom. The minimum atomic E-state index is -0.00525. The number of phenols is 1. The summed E-state index contributed by atoms with van der Waals surface area (Å²) in [6.45, 7) is 0. The molecule has 0 aliphatic heterocycles. The zero-order chi connectivity index (χ0) is 11.4. The summed E-state index contributed by atoms with van der Waals surface area (Å²) in [6.07, 6.45) is 3.27. The summed E-state index contributed by atoms with van der Waals surface area (Å²) in [4.78, 5) is 11.6. The molecule has 1 aromatic carbocycles. The fraction of sp³-hybridized carbons (Fsp3) is 0. The molecule has 2 nitrogen and oxygen atoms in total. The molecule has 1 aromatic heterocycles. The van der Waals surface area contributed by atoms with Crippen LogP contribution in [0.4, 0.5) is 0 Å². The van der Waals surface area contributed by atoms with Crippen molar-refractivity contribution in [1.29, 1.82) is 0 Å². The smallest absolute Gasteiger partial charge is 0.186 e. The van der Waals surface area contributed by atoms with Gasteiger partial charge in [0.1, 0.15) is 5.75 Å². The van der Waals surface area contributed by atoms with Crippen LogP contribution in [0.3, 0.4) is 0 Å². The van der Waals surface area contributed by atoms with Crippen molar-refractivity contribution in [2.24, 2.45) is 0 Å². The molecule has 2 rings (SSSR count). The molecule has 0 radical (unpaired) electrons. The van der Waals surface area contributed by atoms with Gasteiger partial charge in [0.25, 0.3) is 0 Å². The van der Waals surface area contributed by atoms with E-state index < -0.39 is 0 Å². The molecule has 1 heterocycles. The van der Waals surface area contributed by atoms with E-state index in [0.717, 1.165) is 5.56 Å². The number of hydrogen-bond donors (Lipinski definition) is 1. The highest BCUT2D eigenvalue weighted by Gasteiger charge is 2.00. The van der Waals surface area contributed by atoms with Gasteiger partial charge in [-0.1, -0.05) is 18.2 Å². The van der Waals surface area contributed by atoms with Crippen LogP contribution < -0.4 is 0 Å². The summed E-state index contributed by atoms with van der Waals surface area (Å²) in [6, 6.07) is 8.50. The van der Waals surface area contributed by atoms with Gasteiger partial charge in [0, 0.05) is 10.9 Å². The highest BCUT2D eigenvalue weighted by Crippen LogP contribution is 2.12. The number of hydrogen-bond acceptors (Lipinski definition) is 3. The monoisotopic (exact) mass is 230 g/mol. The van der Waals surface area contributed by atoms with Gasteiger partial charge in [-0.2, -0.15) is 11.3 Å². The molecule has 0 spiro atoms. The van der Waals surface area contributed by atoms with Crippen molar-refractivity contribution in [1.82, 2.24) is 0 Å². The molecule has 0 saturated heterocycles. The minimum absolute atomic E-state index is 0.00525. The lowest BCUT2D eigenvalue weighted by Gasteiger charge is -1.93. The van der Waals surface area contributed by atoms with Gasteiger partial charge in [-0.15, -0.1) is 0 Å². The molecule has 1 N–H and O–H groups in total. The average Bonchev–Trinajstić information content (AvgIpc) is 2.81. The van der Waals surface area contributed by atoms with Crippen molar-refractivity contribution in [3.8, 4) is 5.75 Å². The molecule has 0 aliphatic carbocycles. The Labute approximate surface area is 97.5 Å². The van der Waals surface area contributed by atoms with Crippen LogP contribution in [0.15, 0.2) is 47.2 Å². The molecule has 3 heteroatoms. The van der Waals surface area contributed by atoms with E-state index in [1.165, 1.54) is 17.4 Å². The predicted molar refractivity (Wildman–Crippen MR) is 65.8 cm³/mol. The zero-order valence-electron chi connectivity index (χ0n) is 8.46. The maximum Gasteiger partial charge on any atom is 0.186 e. The summed E-state index contributed by atoms with van der Waals surface area (Å²) in [5, 5.41) is 12.8. The molecule has 0 bridgehead atoms. The molecule has 0 fully saturated rings. The van der Waals surface area contributed by atoms with Crippen LogP contribution in [0.5, 0.6) is 5.75 Å². The largest absolute Gasteiger partial charge is 0.508 e. The van der Waals surface area contributed by atoms with E-state index >= 15 is 0 Å². The molecule has 0 saturated carbocycles. The van der Waals surface area contributed by atoms with E-state index in [1.807, 2.05) is 10.8 Å². The van der Waals surface area contributed by atoms with E-state index in [1.54, 1.807) is 36.4 Å². The van der Waals surface area contributed by atoms with Gasteiger partial charge < -0.3 is 5.11 Å². The number of allylic oxidation sites excluding steroid dienone is 1. The van der Waals surface area contributed by atoms with Crippen molar-refractivity contribution in [3.63, 3.8) is 0 Å². The lowest BCUT2D eigenvalue weighted by molar-refractivity contribution is 0.104. The van der Waals surface area contributed by atoms with Gasteiger partial charge in [-0.25, -0.2) is 0 Å². The van der Waals surface area contributed by atoms with E-state index in [4.69, 9.17) is 5.11 Å². The summed E-state index contributed by atoms with van der Waals surface area (Å²) in [7, 11) is 0. The van der Waals surface area contributed by atoms with E-state index in [2.05, 4.69) is 0 Å². The molecular weight excluding hydrogens is 220 g/mol. The highest BCUT2D eigenvalue weighted by molar-refractivity contribution is 7.08. The Bertz CT molecular complexity index is 495. The van der Waals surface area contributed by atoms with Gasteiger partial charge in [0.05, 0.1) is 0 Å². The second-order valence-electron chi connectivity index (χ2n) is 3.30. The van der Waals surface area contributed by atoms with Gasteiger partial charge in [0.15, 0.2) is 5.78 Å². The molecular formula is C13H10O2S. The molecule has 0 aliphatic rings. The van der Waals surface area contributed by atoms with Crippen LogP contribution in [0.25, 0.3) is 6.08 Å². The molecule has 2 aromatic rings. The van der Waals surface area contributed by atoms with Crippen LogP contribution in [-0.2, 0) is 0 Å². The van der Waals surface area contributed by atoms with Crippen molar-refractivity contribution in [3.05, 3.63) is 58.3 Å². The first kappa shape index (κ1) is 10.6. The average molecular weight is 230 g/mol. The summed E-state index contributed by atoms with van der Waals surface area (Å²) >= 11 is 1.50. The third-order valence-electron chi connectivity index (χ3n) is 2.13. The quantitative estimate of drug-likeness (QED) is 0.648. The SMILES string of the molecule is O=C(/C=C\c1ccc(O)cc1)c1ccsc1. The zero-order valence-corrected chi connectivity index (χ0v) is 9.28. The van der Waals surface area contributed by atoms with Crippen molar-refractivity contribution < 1.29 is 9.90 Å². The first-order valence-electron chi connectivity index (χ1n) is 4.79. The summed E-state index contributed by atoms with van der Waals surface area (Å²) < 4.78 is 0. The Morgan fingerprint density at radius 3 is 2.56 bits per heavy atom. The number of rotatable bonds is 3. The molecule has 0 unspecified atom stereocenters. The normalized spacial score (nSPS) is 10.8. The minimum Gasteiger partial charge on any atom is -0.508 e. The number of benzene rings is 1. The van der Waals surface area contributed by atoms with Gasteiger partial charge in [-0.05, 0) is 35.2 Å². The highest BCUT2D eigenvalue weighted by atomic mass is 32.1. The van der Waals surface area contributed by atoms with Crippen molar-refractivity contribution in [2.45, 2.75) is 0 Å². The first-order valence-corrected chi connectivity index (χ1v) is 5.73. The Kier molecular flexibility index (Phi) is 3.17. The number of ketones is 1. The molecule has 16 heavy (non-hydrogen) atoms. The topological polar surface area (TPSA) is 37.3 Å². The molecule has 80 valence electrons. The lowest BCUT2D eigenvalue weighted by atomic mass is 10.1. The van der Waals surface area contributed by atoms with Crippen LogP contribution in [0.1, 0.15) is 15.9 Å². The van der Waals surface area contributed by atoms with E-state index in [-0.39, 0.29) is 11.5 Å². The first-order chi connectivity index (χ1) is 7.75. The van der Waals surface area contributed by atoms with Crippen molar-refractivity contribution >= 4 is 23.2 Å². The Balaban J connectivity index is 2.10. The van der Waals surface area contributed by atoms with Crippen LogP contribution in [0, 0.1) is 0 Å². The summed E-state index contributed by atoms with van der Waals surface area (Å²) in [5.74, 6) is 0.218. The standard InChI is InChI=1S/C13H10O2S/c14-12-4-1-10(2-5-12)3-6-13(15)11-7-8-16-9-11/h1-9,14H/b6-3-. The Morgan fingerprint density at radius 2 is 1.94 bits per heavy atom. The number of carbonyl (C=O) groups excluding carboxylic acids is 1. The second kappa shape index (κ2) is 4.77. The predicted octanol–water partition coefficient (Wildman–Crippen LogP) is 3.35. The molecule has 0 atom stereocenters. The van der Waals surface area contributed by atoms with E-state index in [9.17, 15) is 4.79 Å². The van der Waals surface area contributed by atoms with Gasteiger partial charge in [0.2, 0.25) is 0 Å². The maximum atomic E-state index is 11.6. The fourth-order valence-electron chi connectivity index (χ4n) is 1.26. The van der Waals surface area contributed by atoms with Crippen LogP contribution in [-0.4, -0.2) is 10.9 Å².